The quantitative estimate of drug-likeness (QED) is 0.625. The van der Waals surface area contributed by atoms with Gasteiger partial charge in [0.2, 0.25) is 5.91 Å². The van der Waals surface area contributed by atoms with E-state index in [1.165, 1.54) is 24.3 Å². The van der Waals surface area contributed by atoms with Crippen molar-refractivity contribution in [3.8, 4) is 0 Å². The Balaban J connectivity index is 1.73. The molecule has 2 aromatic carbocycles. The highest BCUT2D eigenvalue weighted by atomic mass is 35.5. The van der Waals surface area contributed by atoms with E-state index in [0.29, 0.717) is 34.9 Å². The van der Waals surface area contributed by atoms with Crippen LogP contribution in [0.5, 0.6) is 0 Å². The van der Waals surface area contributed by atoms with Crippen LogP contribution >= 0.6 is 11.6 Å². The van der Waals surface area contributed by atoms with Crippen molar-refractivity contribution in [1.29, 1.82) is 0 Å². The van der Waals surface area contributed by atoms with Gasteiger partial charge in [0.1, 0.15) is 0 Å². The Morgan fingerprint density at radius 1 is 1.11 bits per heavy atom. The Labute approximate surface area is 161 Å². The van der Waals surface area contributed by atoms with Gasteiger partial charge in [0.25, 0.3) is 11.6 Å². The third kappa shape index (κ3) is 4.62. The largest absolute Gasteiger partial charge is 0.339 e. The van der Waals surface area contributed by atoms with Gasteiger partial charge in [-0.05, 0) is 36.6 Å². The van der Waals surface area contributed by atoms with Crippen molar-refractivity contribution in [3.63, 3.8) is 0 Å². The van der Waals surface area contributed by atoms with Crippen LogP contribution in [-0.2, 0) is 11.2 Å². The average Bonchev–Trinajstić information content (AvgIpc) is 3.17. The zero-order chi connectivity index (χ0) is 19.4. The second kappa shape index (κ2) is 8.18. The minimum Gasteiger partial charge on any atom is -0.339 e. The minimum atomic E-state index is -0.492. The van der Waals surface area contributed by atoms with Crippen molar-refractivity contribution in [2.24, 2.45) is 0 Å². The molecule has 1 fully saturated rings. The summed E-state index contributed by atoms with van der Waals surface area (Å²) in [4.78, 5) is 37.0. The zero-order valence-corrected chi connectivity index (χ0v) is 15.2. The number of hydrogen-bond acceptors (Lipinski definition) is 4. The van der Waals surface area contributed by atoms with E-state index in [1.54, 1.807) is 23.1 Å². The topological polar surface area (TPSA) is 92.5 Å². The molecule has 0 aliphatic carbocycles. The number of likely N-dealkylation sites (tertiary alicyclic amines) is 1. The van der Waals surface area contributed by atoms with Gasteiger partial charge in [-0.2, -0.15) is 0 Å². The van der Waals surface area contributed by atoms with Gasteiger partial charge >= 0.3 is 0 Å². The van der Waals surface area contributed by atoms with Gasteiger partial charge in [-0.25, -0.2) is 0 Å². The van der Waals surface area contributed by atoms with Crippen LogP contribution in [0.1, 0.15) is 28.8 Å². The van der Waals surface area contributed by atoms with Gasteiger partial charge in [0, 0.05) is 30.2 Å². The van der Waals surface area contributed by atoms with Crippen LogP contribution in [0.2, 0.25) is 5.02 Å². The highest BCUT2D eigenvalue weighted by Crippen LogP contribution is 2.24. The molecule has 0 saturated carbocycles. The lowest BCUT2D eigenvalue weighted by molar-refractivity contribution is -0.384. The van der Waals surface area contributed by atoms with Crippen molar-refractivity contribution in [2.75, 3.05) is 18.4 Å². The zero-order valence-electron chi connectivity index (χ0n) is 14.5. The summed E-state index contributed by atoms with van der Waals surface area (Å²) in [6.45, 7) is 1.39. The van der Waals surface area contributed by atoms with Gasteiger partial charge in [0.05, 0.1) is 22.6 Å². The number of nitro benzene ring substituents is 1. The molecule has 0 atom stereocenters. The van der Waals surface area contributed by atoms with Crippen LogP contribution in [0.15, 0.2) is 42.5 Å². The molecule has 1 N–H and O–H groups in total. The number of hydrogen-bond donors (Lipinski definition) is 1. The van der Waals surface area contributed by atoms with E-state index in [0.717, 1.165) is 12.8 Å². The number of nitro groups is 1. The number of nitrogens with zero attached hydrogens (tertiary/aromatic N) is 2. The van der Waals surface area contributed by atoms with E-state index >= 15 is 0 Å². The normalized spacial score (nSPS) is 13.4. The average molecular weight is 388 g/mol. The number of carbonyl (C=O) groups is 2. The number of halogens is 1. The summed E-state index contributed by atoms with van der Waals surface area (Å²) < 4.78 is 0. The van der Waals surface area contributed by atoms with Crippen LogP contribution in [0.4, 0.5) is 11.4 Å². The molecule has 1 saturated heterocycles. The Kier molecular flexibility index (Phi) is 5.71. The van der Waals surface area contributed by atoms with Gasteiger partial charge < -0.3 is 10.2 Å². The van der Waals surface area contributed by atoms with Crippen molar-refractivity contribution < 1.29 is 14.5 Å². The fourth-order valence-corrected chi connectivity index (χ4v) is 3.18. The van der Waals surface area contributed by atoms with Crippen LogP contribution in [0, 0.1) is 10.1 Å². The smallest absolute Gasteiger partial charge is 0.269 e. The molecular formula is C19H18ClN3O4. The maximum atomic E-state index is 12.7. The van der Waals surface area contributed by atoms with E-state index in [9.17, 15) is 19.7 Å². The molecule has 1 heterocycles. The van der Waals surface area contributed by atoms with E-state index in [-0.39, 0.29) is 23.9 Å². The predicted octanol–water partition coefficient (Wildman–Crippen LogP) is 3.67. The number of amides is 2. The monoisotopic (exact) mass is 387 g/mol. The van der Waals surface area contributed by atoms with E-state index in [4.69, 9.17) is 11.6 Å². The fourth-order valence-electron chi connectivity index (χ4n) is 3.01. The maximum Gasteiger partial charge on any atom is 0.269 e. The molecule has 140 valence electrons. The lowest BCUT2D eigenvalue weighted by Gasteiger charge is -2.18. The Hall–Kier alpha value is -2.93. The first-order valence-electron chi connectivity index (χ1n) is 8.56. The molecule has 0 unspecified atom stereocenters. The SMILES string of the molecule is O=C(Cc1ccc([N+](=O)[O-])cc1)Nc1ccc(Cl)cc1C(=O)N1CCCC1. The molecule has 8 heteroatoms. The van der Waals surface area contributed by atoms with Crippen molar-refractivity contribution in [1.82, 2.24) is 4.90 Å². The first kappa shape index (κ1) is 18.8. The predicted molar refractivity (Wildman–Crippen MR) is 102 cm³/mol. The number of benzene rings is 2. The lowest BCUT2D eigenvalue weighted by Crippen LogP contribution is -2.29. The number of anilines is 1. The summed E-state index contributed by atoms with van der Waals surface area (Å²) in [5.74, 6) is -0.470. The number of rotatable bonds is 5. The van der Waals surface area contributed by atoms with Crippen molar-refractivity contribution >= 4 is 34.8 Å². The number of nitrogens with one attached hydrogen (secondary N) is 1. The fraction of sp³-hybridized carbons (Fsp3) is 0.263. The van der Waals surface area contributed by atoms with Crippen LogP contribution < -0.4 is 5.32 Å². The molecule has 1 aliphatic rings. The third-order valence-corrected chi connectivity index (χ3v) is 4.63. The molecular weight excluding hydrogens is 370 g/mol. The maximum absolute atomic E-state index is 12.7. The second-order valence-corrected chi connectivity index (χ2v) is 6.77. The van der Waals surface area contributed by atoms with Gasteiger partial charge in [-0.15, -0.1) is 0 Å². The molecule has 0 spiro atoms. The Bertz CT molecular complexity index is 877. The van der Waals surface area contributed by atoms with Gasteiger partial charge in [-0.3, -0.25) is 19.7 Å². The minimum absolute atomic E-state index is 0.0321. The van der Waals surface area contributed by atoms with Gasteiger partial charge in [0.15, 0.2) is 0 Å². The highest BCUT2D eigenvalue weighted by molar-refractivity contribution is 6.31. The molecule has 3 rings (SSSR count). The summed E-state index contributed by atoms with van der Waals surface area (Å²) in [7, 11) is 0. The van der Waals surface area contributed by atoms with Crippen LogP contribution in [-0.4, -0.2) is 34.7 Å². The first-order chi connectivity index (χ1) is 12.9. The summed E-state index contributed by atoms with van der Waals surface area (Å²) in [5, 5.41) is 13.9. The molecule has 0 bridgehead atoms. The lowest BCUT2D eigenvalue weighted by atomic mass is 10.1. The second-order valence-electron chi connectivity index (χ2n) is 6.34. The number of carbonyl (C=O) groups excluding carboxylic acids is 2. The molecule has 2 amide bonds. The van der Waals surface area contributed by atoms with Crippen LogP contribution in [0.3, 0.4) is 0 Å². The molecule has 7 nitrogen and oxygen atoms in total. The van der Waals surface area contributed by atoms with Crippen molar-refractivity contribution in [3.05, 3.63) is 68.7 Å². The van der Waals surface area contributed by atoms with Crippen molar-refractivity contribution in [2.45, 2.75) is 19.3 Å². The summed E-state index contributed by atoms with van der Waals surface area (Å²) >= 11 is 6.04. The summed E-state index contributed by atoms with van der Waals surface area (Å²) in [6.07, 6.45) is 1.97. The molecule has 0 radical (unpaired) electrons. The van der Waals surface area contributed by atoms with Gasteiger partial charge in [-0.1, -0.05) is 23.7 Å². The molecule has 0 aromatic heterocycles. The van der Waals surface area contributed by atoms with E-state index in [1.807, 2.05) is 0 Å². The van der Waals surface area contributed by atoms with E-state index in [2.05, 4.69) is 5.32 Å². The number of non-ortho nitro benzene ring substituents is 1. The van der Waals surface area contributed by atoms with E-state index < -0.39 is 4.92 Å². The first-order valence-corrected chi connectivity index (χ1v) is 8.94. The summed E-state index contributed by atoms with van der Waals surface area (Å²) in [5.41, 5.74) is 1.37. The highest BCUT2D eigenvalue weighted by Gasteiger charge is 2.23. The standard InChI is InChI=1S/C19H18ClN3O4/c20-14-5-8-17(16(12-14)19(25)22-9-1-2-10-22)21-18(24)11-13-3-6-15(7-4-13)23(26)27/h3-8,12H,1-2,9-11H2,(H,21,24). The molecule has 1 aliphatic heterocycles. The molecule has 27 heavy (non-hydrogen) atoms. The third-order valence-electron chi connectivity index (χ3n) is 4.39. The Morgan fingerprint density at radius 2 is 1.78 bits per heavy atom. The molecule has 2 aromatic rings. The summed E-state index contributed by atoms with van der Waals surface area (Å²) in [6, 6.07) is 10.6. The Morgan fingerprint density at radius 3 is 2.41 bits per heavy atom. The van der Waals surface area contributed by atoms with Crippen LogP contribution in [0.25, 0.3) is 0 Å².